The molecule has 0 aliphatic heterocycles. The fourth-order valence-corrected chi connectivity index (χ4v) is 2.75. The third-order valence-corrected chi connectivity index (χ3v) is 3.97. The molecular formula is C13H14BrF4N. The van der Waals surface area contributed by atoms with Crippen LogP contribution < -0.4 is 5.32 Å². The highest BCUT2D eigenvalue weighted by Crippen LogP contribution is 2.38. The van der Waals surface area contributed by atoms with Gasteiger partial charge < -0.3 is 5.32 Å². The molecule has 0 spiro atoms. The van der Waals surface area contributed by atoms with Gasteiger partial charge in [0.15, 0.2) is 0 Å². The highest BCUT2D eigenvalue weighted by Gasteiger charge is 2.41. The molecule has 0 atom stereocenters. The number of benzene rings is 1. The largest absolute Gasteiger partial charge is 0.391 e. The summed E-state index contributed by atoms with van der Waals surface area (Å²) < 4.78 is 51.8. The Hall–Kier alpha value is -0.780. The zero-order valence-corrected chi connectivity index (χ0v) is 11.7. The molecule has 2 rings (SSSR count). The van der Waals surface area contributed by atoms with E-state index >= 15 is 0 Å². The minimum atomic E-state index is -4.11. The second-order valence-corrected chi connectivity index (χ2v) is 5.77. The van der Waals surface area contributed by atoms with Gasteiger partial charge in [0.1, 0.15) is 5.82 Å². The summed E-state index contributed by atoms with van der Waals surface area (Å²) in [5.74, 6) is -1.60. The summed E-state index contributed by atoms with van der Waals surface area (Å²) in [6, 6.07) is 4.42. The molecule has 1 aromatic carbocycles. The van der Waals surface area contributed by atoms with Gasteiger partial charge in [0.25, 0.3) is 0 Å². The van der Waals surface area contributed by atoms with Gasteiger partial charge in [0.05, 0.1) is 11.6 Å². The van der Waals surface area contributed by atoms with Crippen LogP contribution in [-0.4, -0.2) is 12.2 Å². The van der Waals surface area contributed by atoms with Crippen molar-refractivity contribution in [1.82, 2.24) is 0 Å². The molecule has 0 amide bonds. The van der Waals surface area contributed by atoms with Crippen LogP contribution in [0, 0.1) is 11.7 Å². The van der Waals surface area contributed by atoms with Crippen molar-refractivity contribution in [2.75, 3.05) is 5.32 Å². The fraction of sp³-hybridized carbons (Fsp3) is 0.538. The third kappa shape index (κ3) is 3.84. The smallest absolute Gasteiger partial charge is 0.380 e. The van der Waals surface area contributed by atoms with Crippen LogP contribution in [0.2, 0.25) is 0 Å². The molecule has 0 saturated heterocycles. The standard InChI is InChI=1S/C13H14BrF4N/c14-9-3-6-11(15)12(7-9)19-10-4-1-8(2-5-10)13(16,17)18/h3,6-8,10,19H,1-2,4-5H2. The predicted octanol–water partition coefficient (Wildman–Crippen LogP) is 5.12. The van der Waals surface area contributed by atoms with Crippen LogP contribution in [0.1, 0.15) is 25.7 Å². The van der Waals surface area contributed by atoms with E-state index in [0.29, 0.717) is 18.5 Å². The Morgan fingerprint density at radius 2 is 1.74 bits per heavy atom. The Morgan fingerprint density at radius 1 is 1.11 bits per heavy atom. The van der Waals surface area contributed by atoms with E-state index in [1.807, 2.05) is 0 Å². The van der Waals surface area contributed by atoms with Gasteiger partial charge in [-0.15, -0.1) is 0 Å². The second-order valence-electron chi connectivity index (χ2n) is 4.86. The molecule has 1 N–H and O–H groups in total. The van der Waals surface area contributed by atoms with E-state index in [9.17, 15) is 17.6 Å². The van der Waals surface area contributed by atoms with E-state index in [0.717, 1.165) is 4.47 Å². The maximum absolute atomic E-state index is 13.5. The van der Waals surface area contributed by atoms with Gasteiger partial charge in [-0.2, -0.15) is 13.2 Å². The lowest BCUT2D eigenvalue weighted by Gasteiger charge is -2.31. The summed E-state index contributed by atoms with van der Waals surface area (Å²) >= 11 is 3.24. The lowest BCUT2D eigenvalue weighted by atomic mass is 9.85. The number of nitrogens with one attached hydrogen (secondary N) is 1. The highest BCUT2D eigenvalue weighted by molar-refractivity contribution is 9.10. The topological polar surface area (TPSA) is 12.0 Å². The van der Waals surface area contributed by atoms with Crippen molar-refractivity contribution in [2.24, 2.45) is 5.92 Å². The first-order valence-corrected chi connectivity index (χ1v) is 6.94. The average Bonchev–Trinajstić information content (AvgIpc) is 2.33. The Bertz CT molecular complexity index is 439. The molecule has 1 aliphatic carbocycles. The Morgan fingerprint density at radius 3 is 2.32 bits per heavy atom. The summed E-state index contributed by atoms with van der Waals surface area (Å²) in [6.45, 7) is 0. The molecule has 1 nitrogen and oxygen atoms in total. The molecule has 1 aromatic rings. The van der Waals surface area contributed by atoms with E-state index in [1.165, 1.54) is 6.07 Å². The van der Waals surface area contributed by atoms with Crippen LogP contribution in [-0.2, 0) is 0 Å². The van der Waals surface area contributed by atoms with Gasteiger partial charge in [-0.05, 0) is 43.9 Å². The third-order valence-electron chi connectivity index (χ3n) is 3.48. The second kappa shape index (κ2) is 5.69. The van der Waals surface area contributed by atoms with E-state index in [1.54, 1.807) is 12.1 Å². The van der Waals surface area contributed by atoms with E-state index in [4.69, 9.17) is 0 Å². The van der Waals surface area contributed by atoms with Gasteiger partial charge in [-0.25, -0.2) is 4.39 Å². The predicted molar refractivity (Wildman–Crippen MR) is 69.5 cm³/mol. The monoisotopic (exact) mass is 339 g/mol. The van der Waals surface area contributed by atoms with E-state index in [-0.39, 0.29) is 24.7 Å². The number of hydrogen-bond donors (Lipinski definition) is 1. The molecule has 0 unspecified atom stereocenters. The molecule has 1 fully saturated rings. The molecule has 1 saturated carbocycles. The van der Waals surface area contributed by atoms with Gasteiger partial charge in [0.2, 0.25) is 0 Å². The van der Waals surface area contributed by atoms with Crippen molar-refractivity contribution in [3.05, 3.63) is 28.5 Å². The SMILES string of the molecule is Fc1ccc(Br)cc1NC1CCC(C(F)(F)F)CC1. The van der Waals surface area contributed by atoms with Crippen LogP contribution in [0.15, 0.2) is 22.7 Å². The van der Waals surface area contributed by atoms with Crippen molar-refractivity contribution in [2.45, 2.75) is 37.9 Å². The molecule has 106 valence electrons. The minimum Gasteiger partial charge on any atom is -0.380 e. The maximum Gasteiger partial charge on any atom is 0.391 e. The first-order chi connectivity index (χ1) is 8.86. The maximum atomic E-state index is 13.5. The number of anilines is 1. The minimum absolute atomic E-state index is 0.0950. The van der Waals surface area contributed by atoms with E-state index < -0.39 is 12.1 Å². The zero-order valence-electron chi connectivity index (χ0n) is 10.1. The van der Waals surface area contributed by atoms with E-state index in [2.05, 4.69) is 21.2 Å². The summed E-state index contributed by atoms with van der Waals surface area (Å²) in [7, 11) is 0. The lowest BCUT2D eigenvalue weighted by Crippen LogP contribution is -2.33. The molecule has 1 aliphatic rings. The zero-order chi connectivity index (χ0) is 14.0. The summed E-state index contributed by atoms with van der Waals surface area (Å²) in [5.41, 5.74) is 0.338. The fourth-order valence-electron chi connectivity index (χ4n) is 2.39. The van der Waals surface area contributed by atoms with Gasteiger partial charge >= 0.3 is 6.18 Å². The van der Waals surface area contributed by atoms with Crippen LogP contribution in [0.5, 0.6) is 0 Å². The summed E-state index contributed by atoms with van der Waals surface area (Å²) in [4.78, 5) is 0. The summed E-state index contributed by atoms with van der Waals surface area (Å²) in [6.07, 6.45) is -3.06. The molecule has 0 aromatic heterocycles. The quantitative estimate of drug-likeness (QED) is 0.737. The van der Waals surface area contributed by atoms with Crippen LogP contribution in [0.4, 0.5) is 23.2 Å². The first-order valence-electron chi connectivity index (χ1n) is 6.14. The normalized spacial score (nSPS) is 24.3. The average molecular weight is 340 g/mol. The van der Waals surface area contributed by atoms with Crippen LogP contribution in [0.25, 0.3) is 0 Å². The first kappa shape index (κ1) is 14.6. The van der Waals surface area contributed by atoms with Crippen LogP contribution in [0.3, 0.4) is 0 Å². The molecule has 6 heteroatoms. The van der Waals surface area contributed by atoms with Gasteiger partial charge in [-0.3, -0.25) is 0 Å². The molecule has 0 radical (unpaired) electrons. The molecule has 0 heterocycles. The van der Waals surface area contributed by atoms with Gasteiger partial charge in [-0.1, -0.05) is 15.9 Å². The molecule has 0 bridgehead atoms. The number of hydrogen-bond acceptors (Lipinski definition) is 1. The Labute approximate surface area is 117 Å². The lowest BCUT2D eigenvalue weighted by molar-refractivity contribution is -0.182. The number of rotatable bonds is 2. The van der Waals surface area contributed by atoms with Crippen molar-refractivity contribution < 1.29 is 17.6 Å². The highest BCUT2D eigenvalue weighted by atomic mass is 79.9. The van der Waals surface area contributed by atoms with Gasteiger partial charge in [0, 0.05) is 10.5 Å². The summed E-state index contributed by atoms with van der Waals surface area (Å²) in [5, 5.41) is 2.99. The van der Waals surface area contributed by atoms with Crippen molar-refractivity contribution in [3.63, 3.8) is 0 Å². The Kier molecular flexibility index (Phi) is 4.38. The molecular weight excluding hydrogens is 326 g/mol. The van der Waals surface area contributed by atoms with Crippen molar-refractivity contribution >= 4 is 21.6 Å². The van der Waals surface area contributed by atoms with Crippen molar-refractivity contribution in [3.8, 4) is 0 Å². The van der Waals surface area contributed by atoms with Crippen molar-refractivity contribution in [1.29, 1.82) is 0 Å². The van der Waals surface area contributed by atoms with Crippen LogP contribution >= 0.6 is 15.9 Å². The number of alkyl halides is 3. The Balaban J connectivity index is 1.94. The number of halogens is 5. The molecule has 19 heavy (non-hydrogen) atoms.